The Labute approximate surface area is 109 Å². The molecule has 1 nitrogen and oxygen atoms in total. The Morgan fingerprint density at radius 3 is 2.62 bits per heavy atom. The van der Waals surface area contributed by atoms with E-state index in [0.717, 1.165) is 21.2 Å². The second-order valence-corrected chi connectivity index (χ2v) is 4.95. The first-order chi connectivity index (χ1) is 7.77. The van der Waals surface area contributed by atoms with E-state index in [1.165, 1.54) is 0 Å². The summed E-state index contributed by atoms with van der Waals surface area (Å²) in [4.78, 5) is 5.00. The summed E-state index contributed by atoms with van der Waals surface area (Å²) in [7, 11) is 0. The summed E-state index contributed by atoms with van der Waals surface area (Å²) < 4.78 is 0. The molecule has 0 saturated heterocycles. The Balaban J connectivity index is 2.09. The van der Waals surface area contributed by atoms with Crippen molar-refractivity contribution in [2.24, 2.45) is 0 Å². The number of thioether (sulfide) groups is 1. The second-order valence-electron chi connectivity index (χ2n) is 3.17. The van der Waals surface area contributed by atoms with Gasteiger partial charge in [0.1, 0.15) is 5.15 Å². The Morgan fingerprint density at radius 2 is 1.88 bits per heavy atom. The van der Waals surface area contributed by atoms with Gasteiger partial charge in [0.2, 0.25) is 0 Å². The van der Waals surface area contributed by atoms with Crippen LogP contribution in [0.3, 0.4) is 0 Å². The molecule has 82 valence electrons. The van der Waals surface area contributed by atoms with Crippen LogP contribution in [0.4, 0.5) is 0 Å². The summed E-state index contributed by atoms with van der Waals surface area (Å²) in [5.41, 5.74) is 1.11. The average molecular weight is 270 g/mol. The highest BCUT2D eigenvalue weighted by Crippen LogP contribution is 2.29. The van der Waals surface area contributed by atoms with Crippen LogP contribution in [0, 0.1) is 0 Å². The quantitative estimate of drug-likeness (QED) is 0.593. The highest BCUT2D eigenvalue weighted by atomic mass is 35.5. The van der Waals surface area contributed by atoms with Crippen LogP contribution in [0.5, 0.6) is 0 Å². The Hall–Kier alpha value is -0.700. The minimum atomic E-state index is 0.541. The minimum Gasteiger partial charge on any atom is -0.243 e. The number of benzene rings is 1. The van der Waals surface area contributed by atoms with Gasteiger partial charge in [-0.15, -0.1) is 11.8 Å². The molecule has 0 aliphatic rings. The Bertz CT molecular complexity index is 442. The largest absolute Gasteiger partial charge is 0.243 e. The van der Waals surface area contributed by atoms with E-state index < -0.39 is 0 Å². The molecule has 2 rings (SSSR count). The molecular weight excluding hydrogens is 261 g/mol. The Morgan fingerprint density at radius 1 is 1.06 bits per heavy atom. The van der Waals surface area contributed by atoms with Crippen molar-refractivity contribution >= 4 is 35.0 Å². The van der Waals surface area contributed by atoms with Gasteiger partial charge in [0.15, 0.2) is 0 Å². The Kier molecular flexibility index (Phi) is 4.10. The van der Waals surface area contributed by atoms with Crippen LogP contribution >= 0.6 is 35.0 Å². The molecule has 2 aromatic rings. The molecule has 0 spiro atoms. The number of pyridine rings is 1. The first-order valence-corrected chi connectivity index (χ1v) is 6.48. The van der Waals surface area contributed by atoms with Crippen LogP contribution in [-0.2, 0) is 5.75 Å². The fourth-order valence-corrected chi connectivity index (χ4v) is 2.72. The SMILES string of the molecule is Clc1ccccc1CSc1cccnc1Cl. The van der Waals surface area contributed by atoms with E-state index >= 15 is 0 Å². The molecule has 0 aliphatic heterocycles. The predicted octanol–water partition coefficient (Wildman–Crippen LogP) is 4.68. The summed E-state index contributed by atoms with van der Waals surface area (Å²) in [5.74, 6) is 0.797. The molecule has 0 saturated carbocycles. The highest BCUT2D eigenvalue weighted by Gasteiger charge is 2.03. The van der Waals surface area contributed by atoms with Gasteiger partial charge in [-0.05, 0) is 23.8 Å². The fourth-order valence-electron chi connectivity index (χ4n) is 1.25. The molecule has 1 heterocycles. The molecule has 0 radical (unpaired) electrons. The van der Waals surface area contributed by atoms with Gasteiger partial charge in [-0.3, -0.25) is 0 Å². The number of halogens is 2. The molecule has 0 aliphatic carbocycles. The minimum absolute atomic E-state index is 0.541. The van der Waals surface area contributed by atoms with Crippen LogP contribution in [0.2, 0.25) is 10.2 Å². The smallest absolute Gasteiger partial charge is 0.142 e. The van der Waals surface area contributed by atoms with Crippen molar-refractivity contribution in [2.75, 3.05) is 0 Å². The van der Waals surface area contributed by atoms with E-state index in [1.54, 1.807) is 18.0 Å². The van der Waals surface area contributed by atoms with Crippen LogP contribution in [0.1, 0.15) is 5.56 Å². The molecular formula is C12H9Cl2NS. The molecule has 0 N–H and O–H groups in total. The predicted molar refractivity (Wildman–Crippen MR) is 70.3 cm³/mol. The lowest BCUT2D eigenvalue weighted by Crippen LogP contribution is -1.83. The van der Waals surface area contributed by atoms with Gasteiger partial charge < -0.3 is 0 Å². The van der Waals surface area contributed by atoms with E-state index in [0.29, 0.717) is 5.15 Å². The lowest BCUT2D eigenvalue weighted by molar-refractivity contribution is 1.23. The normalized spacial score (nSPS) is 10.4. The standard InChI is InChI=1S/C12H9Cl2NS/c13-10-5-2-1-4-9(10)8-16-11-6-3-7-15-12(11)14/h1-7H,8H2. The molecule has 0 atom stereocenters. The van der Waals surface area contributed by atoms with Gasteiger partial charge in [-0.2, -0.15) is 0 Å². The lowest BCUT2D eigenvalue weighted by atomic mass is 10.2. The summed E-state index contributed by atoms with van der Waals surface area (Å²) in [6.07, 6.45) is 1.68. The van der Waals surface area contributed by atoms with Crippen molar-refractivity contribution in [2.45, 2.75) is 10.6 Å². The fraction of sp³-hybridized carbons (Fsp3) is 0.0833. The van der Waals surface area contributed by atoms with Crippen LogP contribution in [0.25, 0.3) is 0 Å². The molecule has 16 heavy (non-hydrogen) atoms. The van der Waals surface area contributed by atoms with Crippen molar-refractivity contribution in [1.82, 2.24) is 4.98 Å². The van der Waals surface area contributed by atoms with Crippen molar-refractivity contribution in [3.05, 3.63) is 58.3 Å². The number of rotatable bonds is 3. The van der Waals surface area contributed by atoms with Crippen LogP contribution in [-0.4, -0.2) is 4.98 Å². The van der Waals surface area contributed by atoms with Gasteiger partial charge in [0.25, 0.3) is 0 Å². The van der Waals surface area contributed by atoms with Crippen molar-refractivity contribution in [3.8, 4) is 0 Å². The zero-order valence-electron chi connectivity index (χ0n) is 8.36. The summed E-state index contributed by atoms with van der Waals surface area (Å²) in [5, 5.41) is 1.33. The van der Waals surface area contributed by atoms with E-state index in [2.05, 4.69) is 4.98 Å². The maximum Gasteiger partial charge on any atom is 0.142 e. The molecule has 0 amide bonds. The van der Waals surface area contributed by atoms with Crippen molar-refractivity contribution in [1.29, 1.82) is 0 Å². The van der Waals surface area contributed by atoms with Crippen molar-refractivity contribution < 1.29 is 0 Å². The molecule has 0 bridgehead atoms. The molecule has 1 aromatic carbocycles. The van der Waals surface area contributed by atoms with E-state index in [4.69, 9.17) is 23.2 Å². The zero-order valence-corrected chi connectivity index (χ0v) is 10.7. The lowest BCUT2D eigenvalue weighted by Gasteiger charge is -2.04. The summed E-state index contributed by atoms with van der Waals surface area (Å²) in [6, 6.07) is 11.6. The van der Waals surface area contributed by atoms with E-state index in [1.807, 2.05) is 36.4 Å². The molecule has 1 aromatic heterocycles. The number of hydrogen-bond acceptors (Lipinski definition) is 2. The third-order valence-electron chi connectivity index (χ3n) is 2.07. The number of aromatic nitrogens is 1. The average Bonchev–Trinajstić information content (AvgIpc) is 2.30. The van der Waals surface area contributed by atoms with Gasteiger partial charge in [0, 0.05) is 21.9 Å². The highest BCUT2D eigenvalue weighted by molar-refractivity contribution is 7.98. The number of hydrogen-bond donors (Lipinski definition) is 0. The van der Waals surface area contributed by atoms with Gasteiger partial charge in [-0.1, -0.05) is 41.4 Å². The van der Waals surface area contributed by atoms with E-state index in [9.17, 15) is 0 Å². The van der Waals surface area contributed by atoms with Crippen LogP contribution < -0.4 is 0 Å². The summed E-state index contributed by atoms with van der Waals surface area (Å²) in [6.45, 7) is 0. The van der Waals surface area contributed by atoms with E-state index in [-0.39, 0.29) is 0 Å². The number of nitrogens with zero attached hydrogens (tertiary/aromatic N) is 1. The van der Waals surface area contributed by atoms with Crippen molar-refractivity contribution in [3.63, 3.8) is 0 Å². The topological polar surface area (TPSA) is 12.9 Å². The zero-order chi connectivity index (χ0) is 11.4. The maximum absolute atomic E-state index is 6.07. The maximum atomic E-state index is 6.07. The first kappa shape index (κ1) is 11.8. The third kappa shape index (κ3) is 2.91. The van der Waals surface area contributed by atoms with Crippen LogP contribution in [0.15, 0.2) is 47.5 Å². The molecule has 0 unspecified atom stereocenters. The molecule has 4 heteroatoms. The monoisotopic (exact) mass is 269 g/mol. The third-order valence-corrected chi connectivity index (χ3v) is 3.94. The first-order valence-electron chi connectivity index (χ1n) is 4.74. The summed E-state index contributed by atoms with van der Waals surface area (Å²) >= 11 is 13.7. The van der Waals surface area contributed by atoms with Gasteiger partial charge in [-0.25, -0.2) is 4.98 Å². The van der Waals surface area contributed by atoms with Gasteiger partial charge >= 0.3 is 0 Å². The molecule has 0 fully saturated rings. The second kappa shape index (κ2) is 5.58. The van der Waals surface area contributed by atoms with Gasteiger partial charge in [0.05, 0.1) is 0 Å².